The molecule has 2 aliphatic rings. The van der Waals surface area contributed by atoms with Crippen molar-refractivity contribution in [3.05, 3.63) is 64.4 Å². The second-order valence-corrected chi connectivity index (χ2v) is 10.7. The number of hydrogen-bond acceptors (Lipinski definition) is 6. The van der Waals surface area contributed by atoms with Crippen LogP contribution in [-0.2, 0) is 16.4 Å². The van der Waals surface area contributed by atoms with Crippen LogP contribution in [0.15, 0.2) is 47.5 Å². The van der Waals surface area contributed by atoms with E-state index in [0.29, 0.717) is 21.4 Å². The van der Waals surface area contributed by atoms with Crippen LogP contribution >= 0.6 is 23.4 Å². The zero-order valence-corrected chi connectivity index (χ0v) is 17.5. The lowest BCUT2D eigenvalue weighted by atomic mass is 10.1. The molecule has 0 spiro atoms. The second-order valence-electron chi connectivity index (χ2n) is 6.86. The molecule has 2 heterocycles. The first-order valence-corrected chi connectivity index (χ1v) is 11.9. The molecular weight excluding hydrogens is 437 g/mol. The number of amidine groups is 1. The van der Waals surface area contributed by atoms with E-state index in [9.17, 15) is 17.6 Å². The first kappa shape index (κ1) is 20.2. The number of nitrogens with one attached hydrogen (secondary N) is 2. The highest BCUT2D eigenvalue weighted by Gasteiger charge is 2.42. The van der Waals surface area contributed by atoms with Gasteiger partial charge in [0.15, 0.2) is 15.0 Å². The Hall–Kier alpha value is -2.10. The summed E-state index contributed by atoms with van der Waals surface area (Å²) in [5.41, 5.74) is 1.71. The number of fused-ring (bicyclic) bond motifs is 1. The van der Waals surface area contributed by atoms with E-state index in [2.05, 4.69) is 15.6 Å². The van der Waals surface area contributed by atoms with E-state index in [0.717, 1.165) is 5.56 Å². The molecule has 2 aromatic rings. The Labute approximate surface area is 176 Å². The van der Waals surface area contributed by atoms with Gasteiger partial charge in [0.05, 0.1) is 28.3 Å². The number of nitrogens with zero attached hydrogens (tertiary/aromatic N) is 1. The van der Waals surface area contributed by atoms with E-state index in [-0.39, 0.29) is 41.1 Å². The van der Waals surface area contributed by atoms with Crippen molar-refractivity contribution in [2.24, 2.45) is 4.99 Å². The van der Waals surface area contributed by atoms with Crippen LogP contribution in [-0.4, -0.2) is 42.3 Å². The number of anilines is 1. The third-order valence-corrected chi connectivity index (χ3v) is 8.13. The quantitative estimate of drug-likeness (QED) is 0.742. The second kappa shape index (κ2) is 7.97. The molecule has 1 saturated heterocycles. The average Bonchev–Trinajstić information content (AvgIpc) is 3.15. The molecule has 0 aliphatic carbocycles. The fourth-order valence-corrected chi connectivity index (χ4v) is 7.01. The summed E-state index contributed by atoms with van der Waals surface area (Å²) in [4.78, 5) is 16.9. The molecule has 0 bridgehead atoms. The maximum Gasteiger partial charge on any atom is 0.251 e. The van der Waals surface area contributed by atoms with E-state index in [4.69, 9.17) is 11.6 Å². The van der Waals surface area contributed by atoms with Gasteiger partial charge in [-0.1, -0.05) is 35.5 Å². The Morgan fingerprint density at radius 1 is 1.21 bits per heavy atom. The Morgan fingerprint density at radius 3 is 2.69 bits per heavy atom. The average molecular weight is 454 g/mol. The monoisotopic (exact) mass is 453 g/mol. The van der Waals surface area contributed by atoms with Crippen molar-refractivity contribution in [1.82, 2.24) is 5.32 Å². The molecule has 1 fully saturated rings. The molecule has 10 heteroatoms. The Morgan fingerprint density at radius 2 is 1.97 bits per heavy atom. The number of rotatable bonds is 4. The third-order valence-electron chi connectivity index (χ3n) is 4.65. The number of halogens is 2. The molecular formula is C19H17ClFN3O3S2. The smallest absolute Gasteiger partial charge is 0.251 e. The number of carbonyl (C=O) groups excluding carboxylic acids is 1. The zero-order valence-electron chi connectivity index (χ0n) is 15.1. The topological polar surface area (TPSA) is 87.6 Å². The summed E-state index contributed by atoms with van der Waals surface area (Å²) in [5, 5.41) is 6.83. The number of amides is 1. The van der Waals surface area contributed by atoms with Crippen LogP contribution in [0.3, 0.4) is 0 Å². The molecule has 2 aromatic carbocycles. The summed E-state index contributed by atoms with van der Waals surface area (Å²) in [5.74, 6) is -0.438. The highest BCUT2D eigenvalue weighted by Crippen LogP contribution is 2.35. The summed E-state index contributed by atoms with van der Waals surface area (Å²) >= 11 is 7.62. The van der Waals surface area contributed by atoms with Gasteiger partial charge in [-0.25, -0.2) is 12.8 Å². The van der Waals surface area contributed by atoms with Crippen LogP contribution in [0.4, 0.5) is 10.1 Å². The van der Waals surface area contributed by atoms with Crippen molar-refractivity contribution in [2.75, 3.05) is 16.8 Å². The zero-order chi connectivity index (χ0) is 20.6. The van der Waals surface area contributed by atoms with Crippen molar-refractivity contribution in [2.45, 2.75) is 17.8 Å². The number of hydrogen-bond donors (Lipinski definition) is 2. The maximum atomic E-state index is 13.0. The van der Waals surface area contributed by atoms with Crippen LogP contribution in [0.5, 0.6) is 0 Å². The predicted molar refractivity (Wildman–Crippen MR) is 114 cm³/mol. The minimum absolute atomic E-state index is 0.0649. The number of aliphatic imine (C=N–C) groups is 1. The molecule has 29 heavy (non-hydrogen) atoms. The maximum absolute atomic E-state index is 13.0. The minimum atomic E-state index is -3.02. The van der Waals surface area contributed by atoms with Gasteiger partial charge in [-0.3, -0.25) is 9.79 Å². The predicted octanol–water partition coefficient (Wildman–Crippen LogP) is 3.09. The number of thioether (sulfide) groups is 1. The summed E-state index contributed by atoms with van der Waals surface area (Å²) in [6.45, 7) is 0.269. The van der Waals surface area contributed by atoms with Gasteiger partial charge in [-0.15, -0.1) is 0 Å². The SMILES string of the molecule is O=C(NCc1ccc(F)cc1)c1ccc(Cl)c(NC2=N[C@H]3CS(=O)(=O)C[C@H]3S2)c1. The summed E-state index contributed by atoms with van der Waals surface area (Å²) in [7, 11) is -3.02. The third kappa shape index (κ3) is 4.73. The summed E-state index contributed by atoms with van der Waals surface area (Å²) < 4.78 is 36.3. The van der Waals surface area contributed by atoms with E-state index in [1.54, 1.807) is 30.3 Å². The Kier molecular flexibility index (Phi) is 5.54. The molecule has 2 aliphatic heterocycles. The summed E-state index contributed by atoms with van der Waals surface area (Å²) in [6.07, 6.45) is 0. The van der Waals surface area contributed by atoms with Crippen LogP contribution in [0.1, 0.15) is 15.9 Å². The molecule has 0 aromatic heterocycles. The van der Waals surface area contributed by atoms with Gasteiger partial charge in [0.1, 0.15) is 5.82 Å². The Balaban J connectivity index is 1.42. The fourth-order valence-electron chi connectivity index (χ4n) is 3.18. The van der Waals surface area contributed by atoms with Crippen LogP contribution in [0.25, 0.3) is 0 Å². The van der Waals surface area contributed by atoms with E-state index >= 15 is 0 Å². The molecule has 0 saturated carbocycles. The van der Waals surface area contributed by atoms with Gasteiger partial charge in [-0.2, -0.15) is 0 Å². The van der Waals surface area contributed by atoms with Gasteiger partial charge in [0.2, 0.25) is 0 Å². The lowest BCUT2D eigenvalue weighted by Gasteiger charge is -2.11. The normalized spacial score (nSPS) is 22.1. The van der Waals surface area contributed by atoms with Crippen molar-refractivity contribution < 1.29 is 17.6 Å². The van der Waals surface area contributed by atoms with E-state index in [1.165, 1.54) is 23.9 Å². The summed E-state index contributed by atoms with van der Waals surface area (Å²) in [6, 6.07) is 10.5. The van der Waals surface area contributed by atoms with Gasteiger partial charge in [0, 0.05) is 17.4 Å². The first-order valence-electron chi connectivity index (χ1n) is 8.83. The van der Waals surface area contributed by atoms with E-state index in [1.807, 2.05) is 0 Å². The number of benzene rings is 2. The Bertz CT molecular complexity index is 1090. The van der Waals surface area contributed by atoms with Gasteiger partial charge >= 0.3 is 0 Å². The van der Waals surface area contributed by atoms with Crippen molar-refractivity contribution >= 4 is 50.0 Å². The fraction of sp³-hybridized carbons (Fsp3) is 0.263. The van der Waals surface area contributed by atoms with Crippen molar-refractivity contribution in [1.29, 1.82) is 0 Å². The standard InChI is InChI=1S/C19H17ClFN3O3S2/c20-14-6-3-12(18(25)22-8-11-1-4-13(21)5-2-11)7-15(14)23-19-24-16-9-29(26,27)10-17(16)28-19/h1-7,16-17H,8-10H2,(H,22,25)(H,23,24)/t16-,17+/m0/s1. The highest BCUT2D eigenvalue weighted by atomic mass is 35.5. The van der Waals surface area contributed by atoms with Crippen LogP contribution in [0, 0.1) is 5.82 Å². The van der Waals surface area contributed by atoms with Crippen LogP contribution in [0.2, 0.25) is 5.02 Å². The largest absolute Gasteiger partial charge is 0.348 e. The molecule has 0 unspecified atom stereocenters. The van der Waals surface area contributed by atoms with Crippen molar-refractivity contribution in [3.8, 4) is 0 Å². The highest BCUT2D eigenvalue weighted by molar-refractivity contribution is 8.15. The van der Waals surface area contributed by atoms with Crippen LogP contribution < -0.4 is 10.6 Å². The molecule has 6 nitrogen and oxygen atoms in total. The minimum Gasteiger partial charge on any atom is -0.348 e. The van der Waals surface area contributed by atoms with E-state index < -0.39 is 9.84 Å². The molecule has 0 radical (unpaired) electrons. The number of sulfone groups is 1. The van der Waals surface area contributed by atoms with Crippen molar-refractivity contribution in [3.63, 3.8) is 0 Å². The first-order chi connectivity index (χ1) is 13.8. The van der Waals surface area contributed by atoms with Gasteiger partial charge in [-0.05, 0) is 35.9 Å². The molecule has 2 atom stereocenters. The molecule has 2 N–H and O–H groups in total. The molecule has 1 amide bonds. The lowest BCUT2D eigenvalue weighted by Crippen LogP contribution is -2.23. The van der Waals surface area contributed by atoms with Gasteiger partial charge in [0.25, 0.3) is 5.91 Å². The molecule has 4 rings (SSSR count). The lowest BCUT2D eigenvalue weighted by molar-refractivity contribution is 0.0951. The molecule has 152 valence electrons. The number of carbonyl (C=O) groups is 1. The van der Waals surface area contributed by atoms with Gasteiger partial charge < -0.3 is 10.6 Å².